The molecule has 180 valence electrons. The van der Waals surface area contributed by atoms with Crippen LogP contribution in [-0.2, 0) is 14.3 Å². The number of alkyl carbamates (subject to hydrolysis) is 1. The molecule has 0 heterocycles. The van der Waals surface area contributed by atoms with Gasteiger partial charge in [-0.3, -0.25) is 9.59 Å². The van der Waals surface area contributed by atoms with Gasteiger partial charge in [0.15, 0.2) is 0 Å². The molecule has 2 amide bonds. The second-order valence-electron chi connectivity index (χ2n) is 9.60. The summed E-state index contributed by atoms with van der Waals surface area (Å²) in [4.78, 5) is 36.8. The molecule has 0 saturated heterocycles. The Labute approximate surface area is 199 Å². The quantitative estimate of drug-likeness (QED) is 0.540. The average molecular weight is 465 g/mol. The summed E-state index contributed by atoms with van der Waals surface area (Å²) >= 11 is 0. The van der Waals surface area contributed by atoms with Gasteiger partial charge >= 0.3 is 12.1 Å². The largest absolute Gasteiger partial charge is 0.481 e. The van der Waals surface area contributed by atoms with Crippen molar-refractivity contribution < 1.29 is 24.2 Å². The lowest BCUT2D eigenvalue weighted by atomic mass is 9.98. The van der Waals surface area contributed by atoms with Gasteiger partial charge in [0, 0.05) is 12.0 Å². The van der Waals surface area contributed by atoms with Crippen molar-refractivity contribution in [3.05, 3.63) is 59.7 Å². The van der Waals surface area contributed by atoms with E-state index in [4.69, 9.17) is 9.84 Å². The normalized spacial score (nSPS) is 19.9. The van der Waals surface area contributed by atoms with E-state index in [0.717, 1.165) is 41.5 Å². The van der Waals surface area contributed by atoms with Gasteiger partial charge in [0.25, 0.3) is 0 Å². The minimum absolute atomic E-state index is 0.0388. The Hall–Kier alpha value is -3.35. The lowest BCUT2D eigenvalue weighted by molar-refractivity contribution is -0.138. The summed E-state index contributed by atoms with van der Waals surface area (Å²) in [6, 6.07) is 15.3. The molecule has 0 radical (unpaired) electrons. The van der Waals surface area contributed by atoms with Crippen LogP contribution in [0.5, 0.6) is 0 Å². The molecule has 1 fully saturated rings. The summed E-state index contributed by atoms with van der Waals surface area (Å²) in [5.41, 5.74) is 4.55. The molecule has 0 bridgehead atoms. The van der Waals surface area contributed by atoms with Crippen molar-refractivity contribution in [1.82, 2.24) is 10.6 Å². The van der Waals surface area contributed by atoms with Crippen molar-refractivity contribution in [3.63, 3.8) is 0 Å². The van der Waals surface area contributed by atoms with Crippen LogP contribution in [0.3, 0.4) is 0 Å². The molecular weight excluding hydrogens is 432 g/mol. The summed E-state index contributed by atoms with van der Waals surface area (Å²) in [7, 11) is 0. The maximum absolute atomic E-state index is 13.0. The van der Waals surface area contributed by atoms with E-state index in [0.29, 0.717) is 0 Å². The van der Waals surface area contributed by atoms with Gasteiger partial charge in [-0.15, -0.1) is 0 Å². The zero-order valence-corrected chi connectivity index (χ0v) is 19.6. The highest BCUT2D eigenvalue weighted by Crippen LogP contribution is 2.44. The van der Waals surface area contributed by atoms with Crippen molar-refractivity contribution in [1.29, 1.82) is 0 Å². The molecule has 2 aliphatic rings. The summed E-state index contributed by atoms with van der Waals surface area (Å²) in [6.45, 7) is 3.89. The summed E-state index contributed by atoms with van der Waals surface area (Å²) in [5.74, 6) is -1.45. The molecule has 34 heavy (non-hydrogen) atoms. The Bertz CT molecular complexity index is 1020. The van der Waals surface area contributed by atoms with E-state index in [1.807, 2.05) is 38.1 Å². The molecule has 3 N–H and O–H groups in total. The molecule has 1 saturated carbocycles. The summed E-state index contributed by atoms with van der Waals surface area (Å²) in [6.07, 6.45) is 1.82. The fourth-order valence-corrected chi connectivity index (χ4v) is 5.27. The zero-order valence-electron chi connectivity index (χ0n) is 19.6. The first-order valence-electron chi connectivity index (χ1n) is 12.0. The molecule has 2 aliphatic carbocycles. The van der Waals surface area contributed by atoms with Crippen LogP contribution >= 0.6 is 0 Å². The molecule has 7 heteroatoms. The Kier molecular flexibility index (Phi) is 7.20. The van der Waals surface area contributed by atoms with Gasteiger partial charge in [0.05, 0.1) is 6.42 Å². The first-order chi connectivity index (χ1) is 16.3. The van der Waals surface area contributed by atoms with E-state index >= 15 is 0 Å². The molecule has 3 atom stereocenters. The zero-order chi connectivity index (χ0) is 24.2. The van der Waals surface area contributed by atoms with Crippen molar-refractivity contribution in [3.8, 4) is 11.1 Å². The molecule has 7 nitrogen and oxygen atoms in total. The first kappa shape index (κ1) is 23.8. The number of fused-ring (bicyclic) bond motifs is 3. The topological polar surface area (TPSA) is 105 Å². The molecule has 0 aromatic heterocycles. The van der Waals surface area contributed by atoms with Gasteiger partial charge in [0.2, 0.25) is 5.91 Å². The number of benzene rings is 2. The molecule has 2 aromatic carbocycles. The Morgan fingerprint density at radius 1 is 1.00 bits per heavy atom. The number of amides is 2. The number of carbonyl (C=O) groups excluding carboxylic acids is 2. The van der Waals surface area contributed by atoms with Crippen molar-refractivity contribution in [2.24, 2.45) is 11.8 Å². The number of aliphatic carboxylic acids is 1. The van der Waals surface area contributed by atoms with Gasteiger partial charge in [-0.05, 0) is 46.9 Å². The van der Waals surface area contributed by atoms with E-state index in [-0.39, 0.29) is 42.7 Å². The second kappa shape index (κ2) is 10.3. The van der Waals surface area contributed by atoms with Crippen LogP contribution in [0.25, 0.3) is 11.1 Å². The van der Waals surface area contributed by atoms with Crippen molar-refractivity contribution in [2.75, 3.05) is 6.61 Å². The lowest BCUT2D eigenvalue weighted by Crippen LogP contribution is -2.53. The molecular formula is C27H32N2O5. The van der Waals surface area contributed by atoms with Crippen LogP contribution in [0, 0.1) is 11.8 Å². The van der Waals surface area contributed by atoms with E-state index in [1.54, 1.807) is 0 Å². The van der Waals surface area contributed by atoms with E-state index in [1.165, 1.54) is 0 Å². The van der Waals surface area contributed by atoms with Crippen LogP contribution in [0.2, 0.25) is 0 Å². The Morgan fingerprint density at radius 2 is 1.62 bits per heavy atom. The van der Waals surface area contributed by atoms with Gasteiger partial charge in [0.1, 0.15) is 12.6 Å². The minimum Gasteiger partial charge on any atom is -0.481 e. The van der Waals surface area contributed by atoms with Gasteiger partial charge in [-0.1, -0.05) is 68.8 Å². The molecule has 2 aromatic rings. The van der Waals surface area contributed by atoms with Crippen LogP contribution < -0.4 is 10.6 Å². The highest BCUT2D eigenvalue weighted by atomic mass is 16.5. The molecule has 4 rings (SSSR count). The van der Waals surface area contributed by atoms with Gasteiger partial charge in [-0.25, -0.2) is 4.79 Å². The van der Waals surface area contributed by atoms with Crippen LogP contribution in [-0.4, -0.2) is 41.8 Å². The standard InChI is InChI=1S/C27H32N2O5/c1-16(2)25(26(32)28-23-13-7-8-17(23)14-24(30)31)29-27(33)34-15-22-20-11-5-3-9-18(20)19-10-4-6-12-21(19)22/h3-6,9-12,16-17,22-23,25H,7-8,13-15H2,1-2H3,(H,28,32)(H,29,33)(H,30,31)/t17?,23?,25-/m0/s1. The number of rotatable bonds is 8. The number of hydrogen-bond acceptors (Lipinski definition) is 4. The monoisotopic (exact) mass is 464 g/mol. The SMILES string of the molecule is CC(C)[C@H](NC(=O)OCC1c2ccccc2-c2ccccc21)C(=O)NC1CCCC1CC(=O)O. The maximum atomic E-state index is 13.0. The fraction of sp³-hybridized carbons (Fsp3) is 0.444. The number of carboxylic acid groups (broad SMARTS) is 1. The number of hydrogen-bond donors (Lipinski definition) is 3. The summed E-state index contributed by atoms with van der Waals surface area (Å²) in [5, 5.41) is 14.8. The Morgan fingerprint density at radius 3 is 2.21 bits per heavy atom. The van der Waals surface area contributed by atoms with Gasteiger partial charge in [-0.2, -0.15) is 0 Å². The molecule has 0 spiro atoms. The number of nitrogens with one attached hydrogen (secondary N) is 2. The average Bonchev–Trinajstić information content (AvgIpc) is 3.37. The van der Waals surface area contributed by atoms with Crippen LogP contribution in [0.15, 0.2) is 48.5 Å². The Balaban J connectivity index is 1.37. The minimum atomic E-state index is -0.858. The van der Waals surface area contributed by atoms with Crippen LogP contribution in [0.4, 0.5) is 4.79 Å². The number of carbonyl (C=O) groups is 3. The number of ether oxygens (including phenoxy) is 1. The smallest absolute Gasteiger partial charge is 0.407 e. The van der Waals surface area contributed by atoms with Crippen molar-refractivity contribution in [2.45, 2.75) is 57.5 Å². The predicted octanol–water partition coefficient (Wildman–Crippen LogP) is 4.31. The lowest BCUT2D eigenvalue weighted by Gasteiger charge is -2.26. The first-order valence-corrected chi connectivity index (χ1v) is 12.0. The number of carboxylic acids is 1. The van der Waals surface area contributed by atoms with E-state index in [2.05, 4.69) is 34.9 Å². The third-order valence-corrected chi connectivity index (χ3v) is 6.99. The highest BCUT2D eigenvalue weighted by molar-refractivity contribution is 5.86. The van der Waals surface area contributed by atoms with E-state index in [9.17, 15) is 14.4 Å². The van der Waals surface area contributed by atoms with E-state index < -0.39 is 18.1 Å². The molecule has 2 unspecified atom stereocenters. The highest BCUT2D eigenvalue weighted by Gasteiger charge is 2.34. The summed E-state index contributed by atoms with van der Waals surface area (Å²) < 4.78 is 5.61. The van der Waals surface area contributed by atoms with Crippen molar-refractivity contribution >= 4 is 18.0 Å². The maximum Gasteiger partial charge on any atom is 0.407 e. The fourth-order valence-electron chi connectivity index (χ4n) is 5.27. The second-order valence-corrected chi connectivity index (χ2v) is 9.60. The van der Waals surface area contributed by atoms with Crippen LogP contribution in [0.1, 0.15) is 56.6 Å². The molecule has 0 aliphatic heterocycles. The predicted molar refractivity (Wildman–Crippen MR) is 128 cm³/mol. The van der Waals surface area contributed by atoms with Gasteiger partial charge < -0.3 is 20.5 Å². The third-order valence-electron chi connectivity index (χ3n) is 6.99. The third kappa shape index (κ3) is 5.08.